The van der Waals surface area contributed by atoms with Crippen molar-refractivity contribution in [1.82, 2.24) is 0 Å². The van der Waals surface area contributed by atoms with Crippen LogP contribution >= 0.6 is 0 Å². The largest absolute Gasteiger partial charge is 1.00 e. The molecule has 2 aliphatic rings. The van der Waals surface area contributed by atoms with Gasteiger partial charge in [-0.05, 0) is 0 Å². The second kappa shape index (κ2) is 15.8. The average Bonchev–Trinajstić information content (AvgIpc) is 3.54. The number of allylic oxidation sites excluding steroid dienone is 2. The molecule has 4 aromatic carbocycles. The molecule has 2 aliphatic carbocycles. The van der Waals surface area contributed by atoms with E-state index in [9.17, 15) is 0 Å². The van der Waals surface area contributed by atoms with Crippen LogP contribution in [0.15, 0.2) is 83.9 Å². The maximum absolute atomic E-state index is 2.70. The van der Waals surface area contributed by atoms with Gasteiger partial charge >= 0.3 is 328 Å². The standard InChI is InChI=1S/2C24H29.C2H7Si.2ClH.Hf/c2*1-16-14-17-10-8-11-18(20(17)15-16)19-12-9-13-21(23(2,3)4)22(19)24(5,6)7;1-3-2;;;/h2*8-15H,1-7H3;3H,1-2H3;2*1H;/q;;;;;+2/p-2. The predicted molar refractivity (Wildman–Crippen MR) is 230 cm³/mol. The first kappa shape index (κ1) is 44.7. The summed E-state index contributed by atoms with van der Waals surface area (Å²) in [6, 6.07) is 28.8. The fraction of sp³-hybridized carbons (Fsp3) is 0.440. The molecule has 0 bridgehead atoms. The van der Waals surface area contributed by atoms with Gasteiger partial charge in [0.15, 0.2) is 0 Å². The summed E-state index contributed by atoms with van der Waals surface area (Å²) in [7, 11) is 0. The van der Waals surface area contributed by atoms with Crippen molar-refractivity contribution in [1.29, 1.82) is 0 Å². The van der Waals surface area contributed by atoms with Crippen LogP contribution in [-0.4, -0.2) is 5.98 Å². The fourth-order valence-corrected chi connectivity index (χ4v) is 42.6. The Morgan fingerprint density at radius 2 is 0.759 bits per heavy atom. The van der Waals surface area contributed by atoms with Crippen LogP contribution in [-0.2, 0) is 42.3 Å². The molecule has 0 saturated carbocycles. The molecule has 287 valence electrons. The monoisotopic (exact) mass is 943 g/mol. The maximum atomic E-state index is 2.70. The Balaban J connectivity index is 0.00000325. The van der Waals surface area contributed by atoms with Gasteiger partial charge in [0.2, 0.25) is 0 Å². The van der Waals surface area contributed by atoms with Gasteiger partial charge in [0.1, 0.15) is 0 Å². The number of benzene rings is 4. The third-order valence-corrected chi connectivity index (χ3v) is 43.2. The molecule has 4 heteroatoms. The zero-order valence-electron chi connectivity index (χ0n) is 36.1. The third-order valence-electron chi connectivity index (χ3n) is 11.7. The quantitative estimate of drug-likeness (QED) is 0.177. The van der Waals surface area contributed by atoms with E-state index >= 15 is 0 Å². The van der Waals surface area contributed by atoms with E-state index < -0.39 is 26.6 Å². The van der Waals surface area contributed by atoms with Crippen LogP contribution in [0, 0.1) is 0 Å². The van der Waals surface area contributed by atoms with Crippen molar-refractivity contribution in [2.45, 2.75) is 139 Å². The molecule has 2 unspecified atom stereocenters. The summed E-state index contributed by atoms with van der Waals surface area (Å²) in [5.74, 6) is -0.970. The summed E-state index contributed by atoms with van der Waals surface area (Å²) in [5.41, 5.74) is 21.4. The van der Waals surface area contributed by atoms with E-state index in [-0.39, 0.29) is 46.5 Å². The first-order valence-electron chi connectivity index (χ1n) is 19.8. The topological polar surface area (TPSA) is 0 Å². The molecule has 0 nitrogen and oxygen atoms in total. The molecule has 0 aliphatic heterocycles. The van der Waals surface area contributed by atoms with E-state index in [4.69, 9.17) is 0 Å². The van der Waals surface area contributed by atoms with Crippen molar-refractivity contribution in [3.8, 4) is 22.3 Å². The molecule has 0 aromatic heterocycles. The molecule has 0 radical (unpaired) electrons. The Hall–Kier alpha value is -1.97. The van der Waals surface area contributed by atoms with E-state index in [0.717, 1.165) is 0 Å². The van der Waals surface area contributed by atoms with Gasteiger partial charge in [0, 0.05) is 0 Å². The molecule has 54 heavy (non-hydrogen) atoms. The zero-order valence-corrected chi connectivity index (χ0v) is 42.3. The van der Waals surface area contributed by atoms with Crippen molar-refractivity contribution in [3.05, 3.63) is 128 Å². The first-order valence-corrected chi connectivity index (χ1v) is 33.1. The number of fused-ring (bicyclic) bond motifs is 2. The first-order chi connectivity index (χ1) is 24.0. The molecule has 0 N–H and O–H groups in total. The minimum atomic E-state index is -2.45. The third kappa shape index (κ3) is 8.08. The molecule has 6 rings (SSSR count). The van der Waals surface area contributed by atoms with Crippen molar-refractivity contribution in [2.75, 3.05) is 0 Å². The molecular weight excluding hydrogens is 878 g/mol. The second-order valence-corrected chi connectivity index (χ2v) is 48.3. The van der Waals surface area contributed by atoms with Crippen LogP contribution in [0.3, 0.4) is 0 Å². The van der Waals surface area contributed by atoms with Crippen LogP contribution in [0.2, 0.25) is 13.1 Å². The molecular formula is C50H65Cl2HfSi. The Morgan fingerprint density at radius 3 is 1.06 bits per heavy atom. The number of hydrogen-bond donors (Lipinski definition) is 0. The zero-order chi connectivity index (χ0) is 38.3. The molecule has 0 fully saturated rings. The van der Waals surface area contributed by atoms with Gasteiger partial charge in [-0.1, -0.05) is 0 Å². The molecule has 4 aromatic rings. The average molecular weight is 944 g/mol. The Bertz CT molecular complexity index is 1940. The van der Waals surface area contributed by atoms with Gasteiger partial charge in [-0.3, -0.25) is 0 Å². The molecule has 0 amide bonds. The van der Waals surface area contributed by atoms with E-state index in [1.165, 1.54) is 55.6 Å². The Morgan fingerprint density at radius 1 is 0.444 bits per heavy atom. The van der Waals surface area contributed by atoms with Gasteiger partial charge < -0.3 is 24.8 Å². The SMILES string of the molecule is CC1=Cc2c(-c3cccc(C(C)(C)C)c3C(C)(C)C)cccc2[CH]1[Hf+2]([CH]1C(C)=Cc2c(-c3cccc(C(C)(C)C)c3C(C)(C)C)cccc21)[SiH](C)C.[Cl-].[Cl-]. The molecule has 0 spiro atoms. The van der Waals surface area contributed by atoms with Crippen LogP contribution in [0.5, 0.6) is 0 Å². The number of rotatable bonds is 5. The summed E-state index contributed by atoms with van der Waals surface area (Å²) in [5, 5.41) is 0. The predicted octanol–water partition coefficient (Wildman–Crippen LogP) is 8.44. The van der Waals surface area contributed by atoms with Gasteiger partial charge in [0.25, 0.3) is 0 Å². The number of hydrogen-bond acceptors (Lipinski definition) is 0. The van der Waals surface area contributed by atoms with Gasteiger partial charge in [-0.2, -0.15) is 0 Å². The summed E-state index contributed by atoms with van der Waals surface area (Å²) in [6.07, 6.45) is 5.23. The smallest absolute Gasteiger partial charge is 1.00 e. The van der Waals surface area contributed by atoms with Crippen LogP contribution < -0.4 is 24.8 Å². The van der Waals surface area contributed by atoms with Crippen molar-refractivity contribution in [2.24, 2.45) is 0 Å². The minimum absolute atomic E-state index is 0. The normalized spacial score (nSPS) is 17.0. The van der Waals surface area contributed by atoms with E-state index in [0.29, 0.717) is 7.35 Å². The number of halogens is 2. The van der Waals surface area contributed by atoms with Crippen LogP contribution in [0.25, 0.3) is 34.4 Å². The van der Waals surface area contributed by atoms with Crippen molar-refractivity contribution < 1.29 is 45.4 Å². The summed E-state index contributed by atoms with van der Waals surface area (Å²) >= 11 is -2.45. The maximum Gasteiger partial charge on any atom is -1.00 e. The van der Waals surface area contributed by atoms with Gasteiger partial charge in [-0.15, -0.1) is 0 Å². The Kier molecular flexibility index (Phi) is 13.1. The molecule has 2 atom stereocenters. The minimum Gasteiger partial charge on any atom is -1.00 e. The van der Waals surface area contributed by atoms with Crippen molar-refractivity contribution >= 4 is 18.1 Å². The fourth-order valence-electron chi connectivity index (χ4n) is 9.71. The molecule has 0 heterocycles. The summed E-state index contributed by atoms with van der Waals surface area (Å²) in [6.45, 7) is 39.0. The Labute approximate surface area is 350 Å². The van der Waals surface area contributed by atoms with Crippen molar-refractivity contribution in [3.63, 3.8) is 0 Å². The van der Waals surface area contributed by atoms with Gasteiger partial charge in [-0.25, -0.2) is 0 Å². The van der Waals surface area contributed by atoms with Crippen LogP contribution in [0.4, 0.5) is 0 Å². The van der Waals surface area contributed by atoms with Crippen LogP contribution in [0.1, 0.15) is 149 Å². The van der Waals surface area contributed by atoms with E-state index in [2.05, 4.69) is 195 Å². The summed E-state index contributed by atoms with van der Waals surface area (Å²) < 4.78 is 1.26. The van der Waals surface area contributed by atoms with Gasteiger partial charge in [0.05, 0.1) is 0 Å². The second-order valence-electron chi connectivity index (χ2n) is 20.4. The summed E-state index contributed by atoms with van der Waals surface area (Å²) in [4.78, 5) is 0. The van der Waals surface area contributed by atoms with E-state index in [1.807, 2.05) is 0 Å². The van der Waals surface area contributed by atoms with E-state index in [1.54, 1.807) is 22.3 Å². The molecule has 0 saturated heterocycles.